The van der Waals surface area contributed by atoms with Gasteiger partial charge < -0.3 is 15.5 Å². The SMILES string of the molecule is CN(C)C(CNC(=O)NC(C)(C)C)c1ccsc1. The van der Waals surface area contributed by atoms with Crippen molar-refractivity contribution < 1.29 is 4.79 Å². The van der Waals surface area contributed by atoms with Gasteiger partial charge >= 0.3 is 6.03 Å². The van der Waals surface area contributed by atoms with Gasteiger partial charge in [-0.1, -0.05) is 0 Å². The van der Waals surface area contributed by atoms with Crippen LogP contribution in [0, 0.1) is 0 Å². The third-order valence-electron chi connectivity index (χ3n) is 2.50. The van der Waals surface area contributed by atoms with Crippen molar-refractivity contribution in [2.75, 3.05) is 20.6 Å². The lowest BCUT2D eigenvalue weighted by atomic mass is 10.1. The molecule has 4 nitrogen and oxygen atoms in total. The van der Waals surface area contributed by atoms with E-state index in [4.69, 9.17) is 0 Å². The second kappa shape index (κ2) is 6.20. The number of hydrogen-bond donors (Lipinski definition) is 2. The standard InChI is InChI=1S/C13H23N3OS/c1-13(2,3)15-12(17)14-8-11(16(4)5)10-6-7-18-9-10/h6-7,9,11H,8H2,1-5H3,(H2,14,15,17). The van der Waals surface area contributed by atoms with Crippen LogP contribution < -0.4 is 10.6 Å². The monoisotopic (exact) mass is 269 g/mol. The van der Waals surface area contributed by atoms with E-state index in [9.17, 15) is 4.79 Å². The Hall–Kier alpha value is -1.07. The van der Waals surface area contributed by atoms with Crippen molar-refractivity contribution in [1.82, 2.24) is 15.5 Å². The van der Waals surface area contributed by atoms with E-state index in [1.165, 1.54) is 5.56 Å². The van der Waals surface area contributed by atoms with E-state index in [0.29, 0.717) is 6.54 Å². The molecule has 0 spiro atoms. The highest BCUT2D eigenvalue weighted by Gasteiger charge is 2.17. The average Bonchev–Trinajstić information content (AvgIpc) is 2.67. The first-order valence-electron chi connectivity index (χ1n) is 6.04. The normalized spacial score (nSPS) is 13.4. The molecule has 2 N–H and O–H groups in total. The maximum absolute atomic E-state index is 11.7. The van der Waals surface area contributed by atoms with E-state index in [-0.39, 0.29) is 17.6 Å². The fraction of sp³-hybridized carbons (Fsp3) is 0.615. The molecule has 1 aromatic heterocycles. The fourth-order valence-electron chi connectivity index (χ4n) is 1.64. The van der Waals surface area contributed by atoms with Crippen LogP contribution in [-0.2, 0) is 0 Å². The minimum Gasteiger partial charge on any atom is -0.336 e. The quantitative estimate of drug-likeness (QED) is 0.882. The third kappa shape index (κ3) is 5.06. The maximum Gasteiger partial charge on any atom is 0.315 e. The van der Waals surface area contributed by atoms with Gasteiger partial charge in [0.1, 0.15) is 0 Å². The summed E-state index contributed by atoms with van der Waals surface area (Å²) in [6.45, 7) is 6.50. The smallest absolute Gasteiger partial charge is 0.315 e. The van der Waals surface area contributed by atoms with E-state index >= 15 is 0 Å². The van der Waals surface area contributed by atoms with Crippen LogP contribution in [-0.4, -0.2) is 37.1 Å². The number of carbonyl (C=O) groups is 1. The number of amides is 2. The lowest BCUT2D eigenvalue weighted by Gasteiger charge is -2.26. The number of carbonyl (C=O) groups excluding carboxylic acids is 1. The number of nitrogens with one attached hydrogen (secondary N) is 2. The number of urea groups is 1. The summed E-state index contributed by atoms with van der Waals surface area (Å²) in [5, 5.41) is 9.99. The Morgan fingerprint density at radius 3 is 2.56 bits per heavy atom. The Morgan fingerprint density at radius 2 is 2.11 bits per heavy atom. The van der Waals surface area contributed by atoms with Crippen molar-refractivity contribution in [2.45, 2.75) is 32.4 Å². The molecule has 0 aromatic carbocycles. The minimum absolute atomic E-state index is 0.121. The Balaban J connectivity index is 2.52. The molecule has 0 saturated carbocycles. The van der Waals surface area contributed by atoms with Crippen LogP contribution in [0.2, 0.25) is 0 Å². The van der Waals surface area contributed by atoms with Crippen LogP contribution >= 0.6 is 11.3 Å². The van der Waals surface area contributed by atoms with Crippen LogP contribution in [0.5, 0.6) is 0 Å². The fourth-order valence-corrected chi connectivity index (χ4v) is 2.34. The van der Waals surface area contributed by atoms with Gasteiger partial charge in [-0.25, -0.2) is 4.79 Å². The molecule has 1 aromatic rings. The van der Waals surface area contributed by atoms with E-state index in [1.807, 2.05) is 34.9 Å². The van der Waals surface area contributed by atoms with Gasteiger partial charge in [0.25, 0.3) is 0 Å². The highest BCUT2D eigenvalue weighted by atomic mass is 32.1. The second-order valence-corrected chi connectivity index (χ2v) is 6.40. The van der Waals surface area contributed by atoms with E-state index in [1.54, 1.807) is 11.3 Å². The van der Waals surface area contributed by atoms with E-state index < -0.39 is 0 Å². The first kappa shape index (κ1) is 15.0. The highest BCUT2D eigenvalue weighted by Crippen LogP contribution is 2.19. The van der Waals surface area contributed by atoms with Crippen molar-refractivity contribution in [3.63, 3.8) is 0 Å². The summed E-state index contributed by atoms with van der Waals surface area (Å²) in [5.74, 6) is 0. The molecule has 18 heavy (non-hydrogen) atoms. The molecule has 0 saturated heterocycles. The molecule has 0 bridgehead atoms. The van der Waals surface area contributed by atoms with Crippen LogP contribution in [0.3, 0.4) is 0 Å². The number of thiophene rings is 1. The van der Waals surface area contributed by atoms with E-state index in [0.717, 1.165) is 0 Å². The van der Waals surface area contributed by atoms with Crippen LogP contribution in [0.1, 0.15) is 32.4 Å². The summed E-state index contributed by atoms with van der Waals surface area (Å²) in [6, 6.07) is 2.19. The molecule has 0 radical (unpaired) electrons. The van der Waals surface area contributed by atoms with Gasteiger partial charge in [-0.3, -0.25) is 0 Å². The molecule has 0 aliphatic heterocycles. The first-order chi connectivity index (χ1) is 8.29. The molecule has 0 aliphatic rings. The van der Waals surface area contributed by atoms with Crippen molar-refractivity contribution in [3.05, 3.63) is 22.4 Å². The molecule has 0 aliphatic carbocycles. The lowest BCUT2D eigenvalue weighted by molar-refractivity contribution is 0.224. The molecule has 2 amide bonds. The lowest BCUT2D eigenvalue weighted by Crippen LogP contribution is -2.48. The molecular formula is C13H23N3OS. The zero-order valence-electron chi connectivity index (χ0n) is 11.8. The van der Waals surface area contributed by atoms with Gasteiger partial charge in [-0.15, -0.1) is 0 Å². The minimum atomic E-state index is -0.208. The molecule has 0 fully saturated rings. The zero-order valence-corrected chi connectivity index (χ0v) is 12.6. The van der Waals surface area contributed by atoms with Crippen LogP contribution in [0.15, 0.2) is 16.8 Å². The summed E-state index contributed by atoms with van der Waals surface area (Å²) in [4.78, 5) is 13.8. The van der Waals surface area contributed by atoms with Crippen molar-refractivity contribution in [3.8, 4) is 0 Å². The highest BCUT2D eigenvalue weighted by molar-refractivity contribution is 7.07. The van der Waals surface area contributed by atoms with Crippen molar-refractivity contribution >= 4 is 17.4 Å². The van der Waals surface area contributed by atoms with Gasteiger partial charge in [0, 0.05) is 12.1 Å². The number of rotatable bonds is 4. The Labute approximate surface area is 113 Å². The summed E-state index contributed by atoms with van der Waals surface area (Å²) < 4.78 is 0. The Bertz CT molecular complexity index is 368. The molecule has 1 rings (SSSR count). The van der Waals surface area contributed by atoms with E-state index in [2.05, 4.69) is 32.4 Å². The second-order valence-electron chi connectivity index (χ2n) is 5.62. The van der Waals surface area contributed by atoms with Gasteiger partial charge in [0.05, 0.1) is 6.04 Å². The molecule has 1 heterocycles. The number of nitrogens with zero attached hydrogens (tertiary/aromatic N) is 1. The summed E-state index contributed by atoms with van der Waals surface area (Å²) in [5.41, 5.74) is 1.03. The molecular weight excluding hydrogens is 246 g/mol. The first-order valence-corrected chi connectivity index (χ1v) is 6.98. The molecule has 1 unspecified atom stereocenters. The van der Waals surface area contributed by atoms with Gasteiger partial charge in [0.15, 0.2) is 0 Å². The molecule has 102 valence electrons. The summed E-state index contributed by atoms with van der Waals surface area (Å²) in [7, 11) is 4.04. The third-order valence-corrected chi connectivity index (χ3v) is 3.20. The van der Waals surface area contributed by atoms with Crippen molar-refractivity contribution in [1.29, 1.82) is 0 Å². The number of hydrogen-bond acceptors (Lipinski definition) is 3. The maximum atomic E-state index is 11.7. The van der Waals surface area contributed by atoms with Crippen LogP contribution in [0.4, 0.5) is 4.79 Å². The molecule has 1 atom stereocenters. The zero-order chi connectivity index (χ0) is 13.8. The van der Waals surface area contributed by atoms with Crippen molar-refractivity contribution in [2.24, 2.45) is 0 Å². The van der Waals surface area contributed by atoms with Gasteiger partial charge in [-0.05, 0) is 57.3 Å². The topological polar surface area (TPSA) is 44.4 Å². The predicted octanol–water partition coefficient (Wildman–Crippen LogP) is 2.45. The van der Waals surface area contributed by atoms with Gasteiger partial charge in [-0.2, -0.15) is 11.3 Å². The summed E-state index contributed by atoms with van der Waals surface area (Å²) >= 11 is 1.67. The average molecular weight is 269 g/mol. The molecule has 5 heteroatoms. The largest absolute Gasteiger partial charge is 0.336 e. The van der Waals surface area contributed by atoms with Gasteiger partial charge in [0.2, 0.25) is 0 Å². The Kier molecular flexibility index (Phi) is 5.16. The summed E-state index contributed by atoms with van der Waals surface area (Å²) in [6.07, 6.45) is 0. The predicted molar refractivity (Wildman–Crippen MR) is 77.0 cm³/mol. The van der Waals surface area contributed by atoms with Crippen LogP contribution in [0.25, 0.3) is 0 Å². The number of likely N-dealkylation sites (N-methyl/N-ethyl adjacent to an activating group) is 1. The Morgan fingerprint density at radius 1 is 1.44 bits per heavy atom.